The monoisotopic (exact) mass is 387 g/mol. The fourth-order valence-corrected chi connectivity index (χ4v) is 4.24. The third kappa shape index (κ3) is 4.90. The number of amides is 2. The maximum Gasteiger partial charge on any atom is 0.326 e. The van der Waals surface area contributed by atoms with E-state index in [2.05, 4.69) is 17.1 Å². The highest BCUT2D eigenvalue weighted by atomic mass is 16.4. The van der Waals surface area contributed by atoms with Gasteiger partial charge in [0.2, 0.25) is 11.8 Å². The van der Waals surface area contributed by atoms with Gasteiger partial charge in [-0.15, -0.1) is 0 Å². The summed E-state index contributed by atoms with van der Waals surface area (Å²) >= 11 is 0. The van der Waals surface area contributed by atoms with Crippen LogP contribution in [-0.4, -0.2) is 71.0 Å². The molecule has 0 bridgehead atoms. The highest BCUT2D eigenvalue weighted by Crippen LogP contribution is 2.23. The van der Waals surface area contributed by atoms with E-state index in [9.17, 15) is 19.5 Å². The minimum atomic E-state index is -1.07. The Balaban J connectivity index is 1.56. The fourth-order valence-electron chi connectivity index (χ4n) is 4.24. The van der Waals surface area contributed by atoms with Crippen molar-refractivity contribution in [2.75, 3.05) is 26.2 Å². The lowest BCUT2D eigenvalue weighted by Gasteiger charge is -2.27. The predicted octanol–water partition coefficient (Wildman–Crippen LogP) is 1.13. The van der Waals surface area contributed by atoms with Gasteiger partial charge in [0.05, 0.1) is 5.92 Å². The van der Waals surface area contributed by atoms with Crippen LogP contribution in [0.15, 0.2) is 30.3 Å². The molecule has 7 heteroatoms. The molecule has 0 aromatic heterocycles. The van der Waals surface area contributed by atoms with E-state index in [1.165, 1.54) is 0 Å². The number of rotatable bonds is 8. The number of hydrogen-bond donors (Lipinski definition) is 2. The molecule has 2 amide bonds. The number of carboxylic acids is 1. The van der Waals surface area contributed by atoms with Gasteiger partial charge in [-0.1, -0.05) is 37.3 Å². The quantitative estimate of drug-likeness (QED) is 0.698. The first-order chi connectivity index (χ1) is 13.5. The fraction of sp³-hybridized carbons (Fsp3) is 0.571. The number of carbonyl (C=O) groups excluding carboxylic acids is 2. The van der Waals surface area contributed by atoms with E-state index in [0.29, 0.717) is 19.1 Å². The van der Waals surface area contributed by atoms with Gasteiger partial charge in [-0.3, -0.25) is 14.5 Å². The molecule has 2 N–H and O–H groups in total. The number of likely N-dealkylation sites (N-methyl/N-ethyl adjacent to an activating group) is 1. The third-order valence-corrected chi connectivity index (χ3v) is 5.82. The van der Waals surface area contributed by atoms with Gasteiger partial charge in [0, 0.05) is 32.0 Å². The van der Waals surface area contributed by atoms with Crippen LogP contribution in [0.5, 0.6) is 0 Å². The van der Waals surface area contributed by atoms with Gasteiger partial charge in [-0.05, 0) is 31.5 Å². The lowest BCUT2D eigenvalue weighted by atomic mass is 10.0. The van der Waals surface area contributed by atoms with Crippen LogP contribution >= 0.6 is 0 Å². The lowest BCUT2D eigenvalue weighted by Crippen LogP contribution is -2.46. The topological polar surface area (TPSA) is 89.9 Å². The molecule has 152 valence electrons. The van der Waals surface area contributed by atoms with Crippen molar-refractivity contribution in [2.45, 2.75) is 44.7 Å². The molecule has 1 aromatic rings. The summed E-state index contributed by atoms with van der Waals surface area (Å²) in [5.74, 6) is -1.92. The number of likely N-dealkylation sites (tertiary alicyclic amines) is 2. The van der Waals surface area contributed by atoms with Gasteiger partial charge in [-0.2, -0.15) is 0 Å². The summed E-state index contributed by atoms with van der Waals surface area (Å²) in [5.41, 5.74) is 0.847. The maximum absolute atomic E-state index is 12.6. The number of nitrogens with zero attached hydrogens (tertiary/aromatic N) is 2. The summed E-state index contributed by atoms with van der Waals surface area (Å²) in [4.78, 5) is 40.8. The molecule has 2 aliphatic heterocycles. The number of aliphatic carboxylic acids is 1. The van der Waals surface area contributed by atoms with Crippen LogP contribution in [-0.2, 0) is 20.8 Å². The van der Waals surface area contributed by atoms with Crippen molar-refractivity contribution < 1.29 is 19.5 Å². The van der Waals surface area contributed by atoms with E-state index in [1.807, 2.05) is 30.3 Å². The second-order valence-corrected chi connectivity index (χ2v) is 7.71. The second kappa shape index (κ2) is 9.19. The van der Waals surface area contributed by atoms with Gasteiger partial charge in [0.25, 0.3) is 0 Å². The average molecular weight is 387 g/mol. The first-order valence-corrected chi connectivity index (χ1v) is 10.1. The van der Waals surface area contributed by atoms with Crippen molar-refractivity contribution in [3.8, 4) is 0 Å². The SMILES string of the molecule is CCN1CCC[C@H]1CN1C[C@@H](C(=O)N[C@@H](Cc2ccccc2)C(=O)O)CC1=O. The van der Waals surface area contributed by atoms with Crippen molar-refractivity contribution in [1.29, 1.82) is 0 Å². The van der Waals surface area contributed by atoms with Crippen LogP contribution in [0, 0.1) is 5.92 Å². The zero-order chi connectivity index (χ0) is 20.1. The largest absolute Gasteiger partial charge is 0.480 e. The zero-order valence-corrected chi connectivity index (χ0v) is 16.3. The molecule has 2 aliphatic rings. The first-order valence-electron chi connectivity index (χ1n) is 10.1. The van der Waals surface area contributed by atoms with E-state index in [0.717, 1.165) is 31.5 Å². The molecule has 2 heterocycles. The maximum atomic E-state index is 12.6. The molecular weight excluding hydrogens is 358 g/mol. The summed E-state index contributed by atoms with van der Waals surface area (Å²) in [6.45, 7) is 5.18. The molecule has 0 radical (unpaired) electrons. The standard InChI is InChI=1S/C21H29N3O4/c1-2-23-10-6-9-17(23)14-24-13-16(12-19(24)25)20(26)22-18(21(27)28)11-15-7-4-3-5-8-15/h3-5,7-8,16-18H,2,6,9-14H2,1H3,(H,22,26)(H,27,28)/t16-,17-,18-/m0/s1. The first kappa shape index (κ1) is 20.3. The summed E-state index contributed by atoms with van der Waals surface area (Å²) < 4.78 is 0. The van der Waals surface area contributed by atoms with E-state index < -0.39 is 17.9 Å². The van der Waals surface area contributed by atoms with Crippen LogP contribution in [0.25, 0.3) is 0 Å². The van der Waals surface area contributed by atoms with E-state index >= 15 is 0 Å². The summed E-state index contributed by atoms with van der Waals surface area (Å²) in [5, 5.41) is 12.1. The van der Waals surface area contributed by atoms with Crippen molar-refractivity contribution >= 4 is 17.8 Å². The van der Waals surface area contributed by atoms with E-state index in [1.54, 1.807) is 4.90 Å². The van der Waals surface area contributed by atoms with E-state index in [-0.39, 0.29) is 24.7 Å². The van der Waals surface area contributed by atoms with Crippen molar-refractivity contribution in [3.63, 3.8) is 0 Å². The number of nitrogens with one attached hydrogen (secondary N) is 1. The van der Waals surface area contributed by atoms with Crippen LogP contribution in [0.3, 0.4) is 0 Å². The Morgan fingerprint density at radius 1 is 1.29 bits per heavy atom. The van der Waals surface area contributed by atoms with Crippen molar-refractivity contribution in [2.24, 2.45) is 5.92 Å². The Kier molecular flexibility index (Phi) is 6.67. The van der Waals surface area contributed by atoms with Gasteiger partial charge in [-0.25, -0.2) is 4.79 Å². The van der Waals surface area contributed by atoms with Gasteiger partial charge in [0.15, 0.2) is 0 Å². The second-order valence-electron chi connectivity index (χ2n) is 7.71. The third-order valence-electron chi connectivity index (χ3n) is 5.82. The van der Waals surface area contributed by atoms with Gasteiger partial charge in [0.1, 0.15) is 6.04 Å². The summed E-state index contributed by atoms with van der Waals surface area (Å²) in [7, 11) is 0. The molecular formula is C21H29N3O4. The lowest BCUT2D eigenvalue weighted by molar-refractivity contribution is -0.142. The normalized spacial score (nSPS) is 23.8. The van der Waals surface area contributed by atoms with Crippen molar-refractivity contribution in [1.82, 2.24) is 15.1 Å². The molecule has 7 nitrogen and oxygen atoms in total. The molecule has 0 aliphatic carbocycles. The Hall–Kier alpha value is -2.41. The van der Waals surface area contributed by atoms with Gasteiger partial charge >= 0.3 is 5.97 Å². The number of carboxylic acid groups (broad SMARTS) is 1. The smallest absolute Gasteiger partial charge is 0.326 e. The molecule has 2 saturated heterocycles. The van der Waals surface area contributed by atoms with Crippen LogP contribution < -0.4 is 5.32 Å². The highest BCUT2D eigenvalue weighted by Gasteiger charge is 2.38. The molecule has 28 heavy (non-hydrogen) atoms. The molecule has 1 aromatic carbocycles. The predicted molar refractivity (Wildman–Crippen MR) is 105 cm³/mol. The average Bonchev–Trinajstić information content (AvgIpc) is 3.28. The number of hydrogen-bond acceptors (Lipinski definition) is 4. The summed E-state index contributed by atoms with van der Waals surface area (Å²) in [6, 6.07) is 8.58. The molecule has 2 fully saturated rings. The molecule has 0 saturated carbocycles. The van der Waals surface area contributed by atoms with E-state index in [4.69, 9.17) is 0 Å². The van der Waals surface area contributed by atoms with Crippen molar-refractivity contribution in [3.05, 3.63) is 35.9 Å². The number of benzene rings is 1. The summed E-state index contributed by atoms with van der Waals surface area (Å²) in [6.07, 6.45) is 2.60. The van der Waals surface area contributed by atoms with Crippen LogP contribution in [0.2, 0.25) is 0 Å². The molecule has 0 unspecified atom stereocenters. The molecule has 0 spiro atoms. The Morgan fingerprint density at radius 3 is 2.71 bits per heavy atom. The highest BCUT2D eigenvalue weighted by molar-refractivity contribution is 5.91. The minimum absolute atomic E-state index is 0.0157. The van der Waals surface area contributed by atoms with Crippen LogP contribution in [0.4, 0.5) is 0 Å². The Morgan fingerprint density at radius 2 is 2.04 bits per heavy atom. The minimum Gasteiger partial charge on any atom is -0.480 e. The number of carbonyl (C=O) groups is 3. The molecule has 3 atom stereocenters. The zero-order valence-electron chi connectivity index (χ0n) is 16.3. The molecule has 3 rings (SSSR count). The Bertz CT molecular complexity index is 709. The Labute approximate surface area is 165 Å². The van der Waals surface area contributed by atoms with Gasteiger partial charge < -0.3 is 15.3 Å². The van der Waals surface area contributed by atoms with Crippen LogP contribution in [0.1, 0.15) is 31.7 Å².